The van der Waals surface area contributed by atoms with Crippen LogP contribution in [0.15, 0.2) is 0 Å². The Morgan fingerprint density at radius 1 is 0.944 bits per heavy atom. The fourth-order valence-corrected chi connectivity index (χ4v) is 1.52. The van der Waals surface area contributed by atoms with Gasteiger partial charge in [0.15, 0.2) is 0 Å². The van der Waals surface area contributed by atoms with Crippen molar-refractivity contribution in [3.05, 3.63) is 0 Å². The van der Waals surface area contributed by atoms with Crippen LogP contribution in [0.2, 0.25) is 0 Å². The third-order valence-electron chi connectivity index (χ3n) is 2.53. The summed E-state index contributed by atoms with van der Waals surface area (Å²) in [6.45, 7) is 2.65. The summed E-state index contributed by atoms with van der Waals surface area (Å²) in [6, 6.07) is 0. The molecule has 0 spiro atoms. The molecule has 0 rings (SSSR count). The number of esters is 1. The van der Waals surface area contributed by atoms with Gasteiger partial charge in [-0.2, -0.15) is 0 Å². The van der Waals surface area contributed by atoms with Crippen LogP contribution in [0, 0.1) is 0 Å². The van der Waals surface area contributed by atoms with E-state index in [9.17, 15) is 9.59 Å². The zero-order valence-electron chi connectivity index (χ0n) is 10.7. The number of unbranched alkanes of at least 4 members (excludes halogenated alkanes) is 5. The third-order valence-corrected chi connectivity index (χ3v) is 2.53. The Morgan fingerprint density at radius 3 is 2.17 bits per heavy atom. The van der Waals surface area contributed by atoms with Gasteiger partial charge in [-0.1, -0.05) is 39.0 Å². The van der Waals surface area contributed by atoms with Crippen molar-refractivity contribution in [3.8, 4) is 0 Å². The summed E-state index contributed by atoms with van der Waals surface area (Å²) in [5.41, 5.74) is 0. The molecule has 0 aromatic rings. The van der Waals surface area contributed by atoms with Crippen LogP contribution in [0.5, 0.6) is 0 Å². The Labute approximate surface area is 132 Å². The molecular weight excluding hydrogens is 243 g/mol. The fraction of sp³-hybridized carbons (Fsp3) is 0.846. The Morgan fingerprint density at radius 2 is 1.56 bits per heavy atom. The quantitative estimate of drug-likeness (QED) is 0.355. The van der Waals surface area contributed by atoms with E-state index in [0.717, 1.165) is 12.8 Å². The molecule has 0 saturated heterocycles. The molecule has 0 heterocycles. The third kappa shape index (κ3) is 15.9. The molecule has 0 unspecified atom stereocenters. The van der Waals surface area contributed by atoms with Gasteiger partial charge in [0.25, 0.3) is 0 Å². The van der Waals surface area contributed by atoms with Gasteiger partial charge in [-0.15, -0.1) is 0 Å². The first-order chi connectivity index (χ1) is 8.16. The number of carbonyl (C=O) groups excluding carboxylic acids is 1. The topological polar surface area (TPSA) is 63.6 Å². The Balaban J connectivity index is 0. The van der Waals surface area contributed by atoms with Gasteiger partial charge in [0.1, 0.15) is 0 Å². The molecular formula is C13H25NaO4. The predicted molar refractivity (Wildman–Crippen MR) is 73.0 cm³/mol. The van der Waals surface area contributed by atoms with E-state index < -0.39 is 5.97 Å². The van der Waals surface area contributed by atoms with Crippen molar-refractivity contribution in [2.45, 2.75) is 64.7 Å². The van der Waals surface area contributed by atoms with Crippen LogP contribution in [0.4, 0.5) is 0 Å². The maximum absolute atomic E-state index is 11.1. The zero-order valence-corrected chi connectivity index (χ0v) is 10.7. The minimum absolute atomic E-state index is 0. The molecule has 0 fully saturated rings. The summed E-state index contributed by atoms with van der Waals surface area (Å²) >= 11 is 0. The zero-order chi connectivity index (χ0) is 12.9. The number of aliphatic carboxylic acids is 1. The molecule has 0 radical (unpaired) electrons. The molecule has 0 aromatic heterocycles. The van der Waals surface area contributed by atoms with E-state index in [0.29, 0.717) is 13.0 Å². The number of carbonyl (C=O) groups is 2. The fourth-order valence-electron chi connectivity index (χ4n) is 1.52. The number of hydrogen-bond acceptors (Lipinski definition) is 3. The average Bonchev–Trinajstić information content (AvgIpc) is 2.27. The predicted octanol–water partition coefficient (Wildman–Crippen LogP) is 2.50. The van der Waals surface area contributed by atoms with Crippen molar-refractivity contribution in [1.29, 1.82) is 0 Å². The molecule has 5 heteroatoms. The van der Waals surface area contributed by atoms with Gasteiger partial charge in [-0.25, -0.2) is 0 Å². The Bertz CT molecular complexity index is 219. The molecule has 0 bridgehead atoms. The summed E-state index contributed by atoms with van der Waals surface area (Å²) in [7, 11) is 0. The van der Waals surface area contributed by atoms with Gasteiger partial charge in [-0.3, -0.25) is 9.59 Å². The van der Waals surface area contributed by atoms with Gasteiger partial charge in [0.2, 0.25) is 0 Å². The van der Waals surface area contributed by atoms with Crippen molar-refractivity contribution >= 4 is 41.5 Å². The number of ether oxygens (including phenoxy) is 1. The monoisotopic (exact) mass is 268 g/mol. The molecule has 0 saturated carbocycles. The van der Waals surface area contributed by atoms with Gasteiger partial charge in [-0.05, 0) is 12.8 Å². The van der Waals surface area contributed by atoms with Crippen molar-refractivity contribution in [2.75, 3.05) is 6.61 Å². The van der Waals surface area contributed by atoms with Crippen molar-refractivity contribution in [2.24, 2.45) is 0 Å². The van der Waals surface area contributed by atoms with E-state index in [2.05, 4.69) is 6.92 Å². The Hall–Kier alpha value is -0.0600. The summed E-state index contributed by atoms with van der Waals surface area (Å²) in [4.78, 5) is 21.4. The number of rotatable bonds is 11. The number of hydrogen-bond donors (Lipinski definition) is 1. The molecule has 0 amide bonds. The molecule has 1 N–H and O–H groups in total. The summed E-state index contributed by atoms with van der Waals surface area (Å²) in [5, 5.41) is 8.39. The molecule has 102 valence electrons. The first-order valence-corrected chi connectivity index (χ1v) is 6.54. The van der Waals surface area contributed by atoms with E-state index in [1.807, 2.05) is 0 Å². The van der Waals surface area contributed by atoms with Crippen LogP contribution in [0.1, 0.15) is 64.7 Å². The Kier molecular flexibility index (Phi) is 16.9. The summed E-state index contributed by atoms with van der Waals surface area (Å²) in [5.74, 6) is -1.14. The SMILES string of the molecule is CCCCCCCCOC(=O)CCCC(=O)O.[NaH]. The van der Waals surface area contributed by atoms with Crippen LogP contribution < -0.4 is 0 Å². The van der Waals surface area contributed by atoms with Crippen LogP contribution >= 0.6 is 0 Å². The van der Waals surface area contributed by atoms with Gasteiger partial charge in [0, 0.05) is 12.8 Å². The molecule has 18 heavy (non-hydrogen) atoms. The molecule has 0 aliphatic heterocycles. The number of carboxylic acids is 1. The molecule has 0 aromatic carbocycles. The van der Waals surface area contributed by atoms with Crippen LogP contribution in [-0.4, -0.2) is 53.2 Å². The van der Waals surface area contributed by atoms with Crippen molar-refractivity contribution in [3.63, 3.8) is 0 Å². The summed E-state index contributed by atoms with van der Waals surface area (Å²) < 4.78 is 5.00. The normalized spacial score (nSPS) is 9.61. The minimum atomic E-state index is -0.867. The molecule has 4 nitrogen and oxygen atoms in total. The number of carboxylic acid groups (broad SMARTS) is 1. The van der Waals surface area contributed by atoms with E-state index >= 15 is 0 Å². The maximum atomic E-state index is 11.1. The average molecular weight is 268 g/mol. The molecule has 0 atom stereocenters. The van der Waals surface area contributed by atoms with Crippen LogP contribution in [0.25, 0.3) is 0 Å². The van der Waals surface area contributed by atoms with Crippen LogP contribution in [0.3, 0.4) is 0 Å². The van der Waals surface area contributed by atoms with Crippen molar-refractivity contribution < 1.29 is 19.4 Å². The van der Waals surface area contributed by atoms with E-state index in [1.54, 1.807) is 0 Å². The van der Waals surface area contributed by atoms with Crippen molar-refractivity contribution in [1.82, 2.24) is 0 Å². The first kappa shape index (κ1) is 20.3. The molecule has 0 aliphatic carbocycles. The van der Waals surface area contributed by atoms with E-state index in [1.165, 1.54) is 25.7 Å². The first-order valence-electron chi connectivity index (χ1n) is 6.54. The van der Waals surface area contributed by atoms with E-state index in [4.69, 9.17) is 9.84 Å². The standard InChI is InChI=1S/C13H24O4.Na.H/c1-2-3-4-5-6-7-11-17-13(16)10-8-9-12(14)15;;/h2-11H2,1H3,(H,14,15);;. The van der Waals surface area contributed by atoms with Gasteiger partial charge < -0.3 is 9.84 Å². The molecule has 0 aliphatic rings. The summed E-state index contributed by atoms with van der Waals surface area (Å²) in [6.07, 6.45) is 7.58. The van der Waals surface area contributed by atoms with Crippen LogP contribution in [-0.2, 0) is 14.3 Å². The second-order valence-corrected chi connectivity index (χ2v) is 4.24. The van der Waals surface area contributed by atoms with E-state index in [-0.39, 0.29) is 48.4 Å². The van der Waals surface area contributed by atoms with Gasteiger partial charge in [0.05, 0.1) is 6.61 Å². The second-order valence-electron chi connectivity index (χ2n) is 4.24. The second kappa shape index (κ2) is 15.0. The van der Waals surface area contributed by atoms with Gasteiger partial charge >= 0.3 is 41.5 Å².